The maximum Gasteiger partial charge on any atom is 0.446 e. The lowest BCUT2D eigenvalue weighted by atomic mass is 10.1. The van der Waals surface area contributed by atoms with Gasteiger partial charge >= 0.3 is 10.4 Å². The van der Waals surface area contributed by atoms with E-state index in [1.165, 1.54) is 24.3 Å². The van der Waals surface area contributed by atoms with Gasteiger partial charge in [-0.1, -0.05) is 0 Å². The van der Waals surface area contributed by atoms with Gasteiger partial charge in [-0.2, -0.15) is 8.42 Å². The van der Waals surface area contributed by atoms with E-state index < -0.39 is 38.5 Å². The molecule has 1 aromatic heterocycles. The quantitative estimate of drug-likeness (QED) is 0.507. The molecule has 0 saturated carbocycles. The van der Waals surface area contributed by atoms with Crippen LogP contribution in [0.4, 0.5) is 0 Å². The second kappa shape index (κ2) is 5.69. The van der Waals surface area contributed by atoms with Gasteiger partial charge in [-0.3, -0.25) is 9.35 Å². The first-order valence-electron chi connectivity index (χ1n) is 6.65. The highest BCUT2D eigenvalue weighted by molar-refractivity contribution is 7.81. The van der Waals surface area contributed by atoms with Crippen molar-refractivity contribution in [1.82, 2.24) is 0 Å². The number of fused-ring (bicyclic) bond motifs is 1. The fourth-order valence-corrected chi connectivity index (χ4v) is 2.58. The molecule has 3 rings (SSSR count). The Morgan fingerprint density at radius 2 is 1.64 bits per heavy atom. The summed E-state index contributed by atoms with van der Waals surface area (Å²) < 4.78 is 39.9. The molecule has 4 N–H and O–H groups in total. The summed E-state index contributed by atoms with van der Waals surface area (Å²) in [5, 5.41) is 28.8. The molecular formula is C15H10O9S. The van der Waals surface area contributed by atoms with Gasteiger partial charge in [0.15, 0.2) is 11.5 Å². The van der Waals surface area contributed by atoms with Crippen molar-refractivity contribution in [2.24, 2.45) is 0 Å². The van der Waals surface area contributed by atoms with E-state index in [0.717, 1.165) is 12.1 Å². The topological polar surface area (TPSA) is 154 Å². The molecule has 0 aliphatic heterocycles. The van der Waals surface area contributed by atoms with Crippen LogP contribution in [0, 0.1) is 0 Å². The van der Waals surface area contributed by atoms with Gasteiger partial charge in [0.1, 0.15) is 22.5 Å². The molecule has 0 atom stereocenters. The van der Waals surface area contributed by atoms with Gasteiger partial charge in [0.25, 0.3) is 0 Å². The molecule has 130 valence electrons. The Morgan fingerprint density at radius 3 is 2.24 bits per heavy atom. The highest BCUT2D eigenvalue weighted by atomic mass is 32.3. The smallest absolute Gasteiger partial charge is 0.446 e. The van der Waals surface area contributed by atoms with Crippen molar-refractivity contribution in [3.05, 3.63) is 46.6 Å². The fraction of sp³-hybridized carbons (Fsp3) is 0. The summed E-state index contributed by atoms with van der Waals surface area (Å²) in [6.45, 7) is 0. The minimum atomic E-state index is -4.86. The minimum absolute atomic E-state index is 0.0483. The summed E-state index contributed by atoms with van der Waals surface area (Å²) in [4.78, 5) is 12.3. The van der Waals surface area contributed by atoms with Crippen LogP contribution < -0.4 is 9.61 Å². The van der Waals surface area contributed by atoms with Crippen LogP contribution in [0.5, 0.6) is 23.0 Å². The van der Waals surface area contributed by atoms with E-state index in [9.17, 15) is 28.5 Å². The minimum Gasteiger partial charge on any atom is -0.508 e. The molecule has 10 heteroatoms. The maximum atomic E-state index is 12.3. The Bertz CT molecular complexity index is 1130. The molecule has 0 unspecified atom stereocenters. The van der Waals surface area contributed by atoms with Gasteiger partial charge in [-0.15, -0.1) is 0 Å². The summed E-state index contributed by atoms with van der Waals surface area (Å²) >= 11 is 0. The van der Waals surface area contributed by atoms with E-state index in [1.54, 1.807) is 0 Å². The molecule has 3 aromatic rings. The van der Waals surface area contributed by atoms with E-state index in [4.69, 9.17) is 8.97 Å². The van der Waals surface area contributed by atoms with E-state index in [0.29, 0.717) is 0 Å². The predicted molar refractivity (Wildman–Crippen MR) is 85.1 cm³/mol. The highest BCUT2D eigenvalue weighted by Crippen LogP contribution is 2.35. The molecule has 0 amide bonds. The van der Waals surface area contributed by atoms with Crippen LogP contribution in [0.1, 0.15) is 0 Å². The monoisotopic (exact) mass is 366 g/mol. The number of phenolic OH excluding ortho intramolecular Hbond substituents is 2. The van der Waals surface area contributed by atoms with E-state index in [2.05, 4.69) is 4.18 Å². The highest BCUT2D eigenvalue weighted by Gasteiger charge is 2.20. The number of aromatic hydroxyl groups is 3. The number of hydrogen-bond acceptors (Lipinski definition) is 8. The van der Waals surface area contributed by atoms with Gasteiger partial charge in [0.05, 0.1) is 0 Å². The van der Waals surface area contributed by atoms with Crippen molar-refractivity contribution >= 4 is 21.4 Å². The zero-order valence-corrected chi connectivity index (χ0v) is 13.0. The first kappa shape index (κ1) is 16.6. The summed E-state index contributed by atoms with van der Waals surface area (Å²) in [5.41, 5.74) is -1.00. The summed E-state index contributed by atoms with van der Waals surface area (Å²) in [7, 11) is -4.86. The molecule has 0 spiro atoms. The Labute approximate surface area is 139 Å². The van der Waals surface area contributed by atoms with Gasteiger partial charge in [0, 0.05) is 17.7 Å². The first-order valence-corrected chi connectivity index (χ1v) is 8.01. The van der Waals surface area contributed by atoms with Crippen molar-refractivity contribution < 1.29 is 36.9 Å². The van der Waals surface area contributed by atoms with Crippen LogP contribution in [0.3, 0.4) is 0 Å². The van der Waals surface area contributed by atoms with Crippen molar-refractivity contribution in [3.8, 4) is 34.3 Å². The SMILES string of the molecule is O=c1c(O)c(-c2ccc(O)cc2)oc2cc(OS(=O)(=O)O)cc(O)c12. The standard InChI is InChI=1S/C15H10O9S/c16-8-3-1-7(2-4-8)15-14(19)13(18)12-10(17)5-9(6-11(12)23-15)24-25(20,21)22/h1-6,16-17,19H,(H,20,21,22). The molecule has 0 fully saturated rings. The molecule has 2 aromatic carbocycles. The number of hydrogen-bond donors (Lipinski definition) is 4. The second-order valence-electron chi connectivity index (χ2n) is 4.98. The lowest BCUT2D eigenvalue weighted by Crippen LogP contribution is -2.07. The van der Waals surface area contributed by atoms with Gasteiger partial charge in [0.2, 0.25) is 11.2 Å². The average molecular weight is 366 g/mol. The predicted octanol–water partition coefficient (Wildman–Crippen LogP) is 1.76. The van der Waals surface area contributed by atoms with Crippen LogP contribution in [-0.4, -0.2) is 28.3 Å². The molecule has 1 heterocycles. The van der Waals surface area contributed by atoms with Crippen molar-refractivity contribution in [2.75, 3.05) is 0 Å². The normalized spacial score (nSPS) is 11.6. The summed E-state index contributed by atoms with van der Waals surface area (Å²) in [5.74, 6) is -2.30. The average Bonchev–Trinajstić information content (AvgIpc) is 2.49. The third-order valence-corrected chi connectivity index (χ3v) is 3.66. The Kier molecular flexibility index (Phi) is 3.78. The Morgan fingerprint density at radius 1 is 1.00 bits per heavy atom. The van der Waals surface area contributed by atoms with Crippen LogP contribution in [0.25, 0.3) is 22.3 Å². The fourth-order valence-electron chi connectivity index (χ4n) is 2.24. The molecule has 9 nitrogen and oxygen atoms in total. The van der Waals surface area contributed by atoms with E-state index in [-0.39, 0.29) is 22.7 Å². The molecule has 0 bridgehead atoms. The van der Waals surface area contributed by atoms with Gasteiger partial charge in [-0.25, -0.2) is 0 Å². The third kappa shape index (κ3) is 3.20. The van der Waals surface area contributed by atoms with Crippen LogP contribution in [-0.2, 0) is 10.4 Å². The van der Waals surface area contributed by atoms with Crippen molar-refractivity contribution in [1.29, 1.82) is 0 Å². The molecule has 0 saturated heterocycles. The summed E-state index contributed by atoms with van der Waals surface area (Å²) in [6.07, 6.45) is 0. The van der Waals surface area contributed by atoms with E-state index in [1.807, 2.05) is 0 Å². The van der Waals surface area contributed by atoms with Crippen molar-refractivity contribution in [3.63, 3.8) is 0 Å². The number of phenols is 2. The Hall–Kier alpha value is -3.24. The van der Waals surface area contributed by atoms with Gasteiger partial charge in [-0.05, 0) is 24.3 Å². The zero-order valence-electron chi connectivity index (χ0n) is 12.2. The summed E-state index contributed by atoms with van der Waals surface area (Å²) in [6, 6.07) is 7.07. The second-order valence-corrected chi connectivity index (χ2v) is 6.00. The lowest BCUT2D eigenvalue weighted by Gasteiger charge is -2.09. The maximum absolute atomic E-state index is 12.3. The number of benzene rings is 2. The molecule has 25 heavy (non-hydrogen) atoms. The van der Waals surface area contributed by atoms with Crippen LogP contribution in [0.2, 0.25) is 0 Å². The lowest BCUT2D eigenvalue weighted by molar-refractivity contribution is 0.385. The molecule has 0 radical (unpaired) electrons. The van der Waals surface area contributed by atoms with Crippen LogP contribution in [0.15, 0.2) is 45.6 Å². The van der Waals surface area contributed by atoms with E-state index >= 15 is 0 Å². The Balaban J connectivity index is 2.29. The molecule has 0 aliphatic carbocycles. The van der Waals surface area contributed by atoms with Crippen LogP contribution >= 0.6 is 0 Å². The van der Waals surface area contributed by atoms with Gasteiger partial charge < -0.3 is 23.9 Å². The molecule has 0 aliphatic rings. The zero-order chi connectivity index (χ0) is 18.4. The molecular weight excluding hydrogens is 356 g/mol. The first-order chi connectivity index (χ1) is 11.7. The largest absolute Gasteiger partial charge is 0.508 e. The van der Waals surface area contributed by atoms with Crippen molar-refractivity contribution in [2.45, 2.75) is 0 Å². The third-order valence-electron chi connectivity index (χ3n) is 3.26. The number of rotatable bonds is 3.